The Morgan fingerprint density at radius 1 is 1.32 bits per heavy atom. The molecule has 1 N–H and O–H groups in total. The van der Waals surface area contributed by atoms with Crippen molar-refractivity contribution >= 4 is 23.3 Å². The highest BCUT2D eigenvalue weighted by Crippen LogP contribution is 2.36. The number of methoxy groups -OCH3 is 1. The molecule has 2 rings (SSSR count). The summed E-state index contributed by atoms with van der Waals surface area (Å²) in [5.41, 5.74) is 1.36. The van der Waals surface area contributed by atoms with Crippen LogP contribution >= 0.6 is 11.6 Å². The van der Waals surface area contributed by atoms with Crippen LogP contribution in [0.4, 0.5) is 5.82 Å². The van der Waals surface area contributed by atoms with Crippen LogP contribution in [0, 0.1) is 0 Å². The summed E-state index contributed by atoms with van der Waals surface area (Å²) in [6, 6.07) is 6.97. The van der Waals surface area contributed by atoms with Gasteiger partial charge in [-0.15, -0.1) is 0 Å². The second-order valence-electron chi connectivity index (χ2n) is 5.52. The number of pyridine rings is 1. The Kier molecular flexibility index (Phi) is 6.47. The molecule has 0 spiro atoms. The van der Waals surface area contributed by atoms with E-state index in [4.69, 9.17) is 21.1 Å². The summed E-state index contributed by atoms with van der Waals surface area (Å²) in [6.45, 7) is 2.69. The van der Waals surface area contributed by atoms with Crippen molar-refractivity contribution in [1.82, 2.24) is 10.3 Å². The molecule has 0 radical (unpaired) electrons. The van der Waals surface area contributed by atoms with Crippen molar-refractivity contribution in [2.24, 2.45) is 0 Å². The maximum absolute atomic E-state index is 12.4. The molecule has 1 aromatic carbocycles. The number of rotatable bonds is 7. The summed E-state index contributed by atoms with van der Waals surface area (Å²) < 4.78 is 10.7. The Morgan fingerprint density at radius 2 is 2.08 bits per heavy atom. The molecule has 0 aliphatic rings. The number of benzene rings is 1. The molecule has 6 nitrogen and oxygen atoms in total. The molecule has 0 aliphatic heterocycles. The van der Waals surface area contributed by atoms with Crippen LogP contribution in [0.3, 0.4) is 0 Å². The fraction of sp³-hybridized carbons (Fsp3) is 0.333. The van der Waals surface area contributed by atoms with Gasteiger partial charge in [0.25, 0.3) is 5.91 Å². The average Bonchev–Trinajstić information content (AvgIpc) is 2.61. The van der Waals surface area contributed by atoms with E-state index in [9.17, 15) is 4.79 Å². The highest BCUT2D eigenvalue weighted by molar-refractivity contribution is 6.32. The molecular weight excluding hydrogens is 342 g/mol. The van der Waals surface area contributed by atoms with Crippen molar-refractivity contribution in [3.8, 4) is 11.5 Å². The number of aromatic nitrogens is 1. The molecule has 7 heteroatoms. The molecule has 1 amide bonds. The summed E-state index contributed by atoms with van der Waals surface area (Å²) in [4.78, 5) is 18.6. The summed E-state index contributed by atoms with van der Waals surface area (Å²) in [5, 5.41) is 3.21. The Bertz CT molecular complexity index is 750. The van der Waals surface area contributed by atoms with Crippen molar-refractivity contribution in [3.63, 3.8) is 0 Å². The average molecular weight is 364 g/mol. The van der Waals surface area contributed by atoms with Crippen LogP contribution in [0.2, 0.25) is 5.02 Å². The Hall–Kier alpha value is -2.47. The molecular formula is C18H22ClN3O3. The van der Waals surface area contributed by atoms with E-state index in [0.29, 0.717) is 35.2 Å². The number of hydrogen-bond acceptors (Lipinski definition) is 5. The first kappa shape index (κ1) is 18.9. The Labute approximate surface area is 152 Å². The molecule has 0 unspecified atom stereocenters. The van der Waals surface area contributed by atoms with E-state index < -0.39 is 0 Å². The van der Waals surface area contributed by atoms with Gasteiger partial charge in [0.2, 0.25) is 0 Å². The zero-order chi connectivity index (χ0) is 18.4. The van der Waals surface area contributed by atoms with Crippen LogP contribution in [0.25, 0.3) is 0 Å². The van der Waals surface area contributed by atoms with Gasteiger partial charge < -0.3 is 19.7 Å². The first-order valence-electron chi connectivity index (χ1n) is 7.87. The molecule has 0 aliphatic carbocycles. The van der Waals surface area contributed by atoms with E-state index in [1.54, 1.807) is 18.3 Å². The largest absolute Gasteiger partial charge is 0.493 e. The number of halogens is 1. The smallest absolute Gasteiger partial charge is 0.251 e. The normalized spacial score (nSPS) is 10.3. The molecule has 2 aromatic rings. The molecule has 0 atom stereocenters. The summed E-state index contributed by atoms with van der Waals surface area (Å²) in [5.74, 6) is 1.45. The van der Waals surface area contributed by atoms with Crippen LogP contribution in [0.15, 0.2) is 30.5 Å². The van der Waals surface area contributed by atoms with Crippen molar-refractivity contribution in [2.75, 3.05) is 32.7 Å². The maximum atomic E-state index is 12.4. The number of carbonyl (C=O) groups is 1. The van der Waals surface area contributed by atoms with Gasteiger partial charge in [-0.1, -0.05) is 11.6 Å². The van der Waals surface area contributed by atoms with E-state index in [1.807, 2.05) is 38.1 Å². The number of anilines is 1. The highest BCUT2D eigenvalue weighted by Gasteiger charge is 2.15. The van der Waals surface area contributed by atoms with Gasteiger partial charge in [-0.05, 0) is 36.8 Å². The fourth-order valence-corrected chi connectivity index (χ4v) is 2.50. The predicted octanol–water partition coefficient (Wildman–Crippen LogP) is 3.14. The van der Waals surface area contributed by atoms with Crippen LogP contribution in [-0.2, 0) is 6.54 Å². The molecule has 1 heterocycles. The number of amides is 1. The van der Waals surface area contributed by atoms with Gasteiger partial charge in [-0.25, -0.2) is 4.98 Å². The van der Waals surface area contributed by atoms with E-state index in [1.165, 1.54) is 7.11 Å². The van der Waals surface area contributed by atoms with Gasteiger partial charge in [-0.3, -0.25) is 4.79 Å². The standard InChI is InChI=1S/C18H22ClN3O3/c1-5-25-17-14(19)9-13(10-15(17)24-4)18(23)21-11-12-6-7-20-16(8-12)22(2)3/h6-10H,5,11H2,1-4H3,(H,21,23). The zero-order valence-corrected chi connectivity index (χ0v) is 15.6. The first-order chi connectivity index (χ1) is 12.0. The number of ether oxygens (including phenoxy) is 2. The molecule has 25 heavy (non-hydrogen) atoms. The quantitative estimate of drug-likeness (QED) is 0.818. The summed E-state index contributed by atoms with van der Waals surface area (Å²) in [6.07, 6.45) is 1.72. The van der Waals surface area contributed by atoms with Crippen LogP contribution in [0.5, 0.6) is 11.5 Å². The van der Waals surface area contributed by atoms with Crippen LogP contribution in [0.1, 0.15) is 22.8 Å². The Balaban J connectivity index is 2.13. The van der Waals surface area contributed by atoms with Crippen molar-refractivity contribution in [3.05, 3.63) is 46.6 Å². The lowest BCUT2D eigenvalue weighted by Gasteiger charge is -2.14. The third-order valence-corrected chi connectivity index (χ3v) is 3.78. The van der Waals surface area contributed by atoms with E-state index in [2.05, 4.69) is 10.3 Å². The summed E-state index contributed by atoms with van der Waals surface area (Å²) >= 11 is 6.21. The first-order valence-corrected chi connectivity index (χ1v) is 8.24. The minimum absolute atomic E-state index is 0.244. The highest BCUT2D eigenvalue weighted by atomic mass is 35.5. The molecule has 0 saturated carbocycles. The fourth-order valence-electron chi connectivity index (χ4n) is 2.23. The van der Waals surface area contributed by atoms with Crippen LogP contribution < -0.4 is 19.7 Å². The number of hydrogen-bond donors (Lipinski definition) is 1. The van der Waals surface area contributed by atoms with Gasteiger partial charge in [0.05, 0.1) is 18.7 Å². The van der Waals surface area contributed by atoms with Gasteiger partial charge >= 0.3 is 0 Å². The SMILES string of the molecule is CCOc1c(Cl)cc(C(=O)NCc2ccnc(N(C)C)c2)cc1OC. The lowest BCUT2D eigenvalue weighted by atomic mass is 10.1. The lowest BCUT2D eigenvalue weighted by Crippen LogP contribution is -2.23. The van der Waals surface area contributed by atoms with E-state index in [0.717, 1.165) is 11.4 Å². The molecule has 0 bridgehead atoms. The number of nitrogens with one attached hydrogen (secondary N) is 1. The minimum Gasteiger partial charge on any atom is -0.493 e. The molecule has 1 aromatic heterocycles. The Morgan fingerprint density at radius 3 is 2.72 bits per heavy atom. The number of nitrogens with zero attached hydrogens (tertiary/aromatic N) is 2. The van der Waals surface area contributed by atoms with Crippen LogP contribution in [-0.4, -0.2) is 38.7 Å². The zero-order valence-electron chi connectivity index (χ0n) is 14.8. The second-order valence-corrected chi connectivity index (χ2v) is 5.93. The predicted molar refractivity (Wildman–Crippen MR) is 98.9 cm³/mol. The third kappa shape index (κ3) is 4.76. The van der Waals surface area contributed by atoms with Gasteiger partial charge in [0.15, 0.2) is 11.5 Å². The topological polar surface area (TPSA) is 63.7 Å². The second kappa shape index (κ2) is 8.58. The van der Waals surface area contributed by atoms with Crippen molar-refractivity contribution in [2.45, 2.75) is 13.5 Å². The maximum Gasteiger partial charge on any atom is 0.251 e. The van der Waals surface area contributed by atoms with Crippen molar-refractivity contribution in [1.29, 1.82) is 0 Å². The van der Waals surface area contributed by atoms with Gasteiger partial charge in [0, 0.05) is 32.4 Å². The van der Waals surface area contributed by atoms with E-state index in [-0.39, 0.29) is 5.91 Å². The van der Waals surface area contributed by atoms with Gasteiger partial charge in [0.1, 0.15) is 5.82 Å². The molecule has 0 saturated heterocycles. The molecule has 134 valence electrons. The van der Waals surface area contributed by atoms with Crippen molar-refractivity contribution < 1.29 is 14.3 Å². The van der Waals surface area contributed by atoms with Gasteiger partial charge in [-0.2, -0.15) is 0 Å². The monoisotopic (exact) mass is 363 g/mol. The number of carbonyl (C=O) groups excluding carboxylic acids is 1. The van der Waals surface area contributed by atoms with E-state index >= 15 is 0 Å². The molecule has 0 fully saturated rings. The lowest BCUT2D eigenvalue weighted by molar-refractivity contribution is 0.0950. The minimum atomic E-state index is -0.244. The third-order valence-electron chi connectivity index (χ3n) is 3.50. The summed E-state index contributed by atoms with van der Waals surface area (Å²) in [7, 11) is 5.34.